The SMILES string of the molecule is CC/C=C\C/C=C\C/C=C\C/C=C\C/C=C\C/C=C\CCC(=O)NCC(=O)NC(CO)(CO)CCc1ccc(CCCCCCCC)cc1. The monoisotopic (exact) mass is 675 g/mol. The first-order chi connectivity index (χ1) is 24.0. The van der Waals surface area contributed by atoms with Crippen LogP contribution in [0.3, 0.4) is 0 Å². The molecule has 6 nitrogen and oxygen atoms in total. The van der Waals surface area contributed by atoms with E-state index in [0.717, 1.165) is 50.5 Å². The summed E-state index contributed by atoms with van der Waals surface area (Å²) in [5, 5.41) is 25.5. The number of allylic oxidation sites excluding steroid dienone is 12. The molecule has 0 atom stereocenters. The van der Waals surface area contributed by atoms with Gasteiger partial charge in [0.25, 0.3) is 0 Å². The van der Waals surface area contributed by atoms with Crippen LogP contribution in [0.15, 0.2) is 97.2 Å². The van der Waals surface area contributed by atoms with E-state index in [0.29, 0.717) is 19.3 Å². The topological polar surface area (TPSA) is 98.7 Å². The Hall–Kier alpha value is -3.48. The second-order valence-electron chi connectivity index (χ2n) is 12.7. The first kappa shape index (κ1) is 43.5. The lowest BCUT2D eigenvalue weighted by atomic mass is 9.92. The maximum atomic E-state index is 12.6. The molecule has 2 amide bonds. The Morgan fingerprint density at radius 2 is 1.08 bits per heavy atom. The number of hydrogen-bond donors (Lipinski definition) is 4. The summed E-state index contributed by atoms with van der Waals surface area (Å²) in [4.78, 5) is 24.8. The first-order valence-corrected chi connectivity index (χ1v) is 18.8. The Morgan fingerprint density at radius 3 is 1.59 bits per heavy atom. The fourth-order valence-corrected chi connectivity index (χ4v) is 5.18. The molecule has 0 bridgehead atoms. The number of unbranched alkanes of at least 4 members (excludes halogenated alkanes) is 5. The minimum absolute atomic E-state index is 0.197. The lowest BCUT2D eigenvalue weighted by Crippen LogP contribution is -2.56. The highest BCUT2D eigenvalue weighted by molar-refractivity contribution is 5.85. The maximum Gasteiger partial charge on any atom is 0.239 e. The van der Waals surface area contributed by atoms with Crippen molar-refractivity contribution in [3.63, 3.8) is 0 Å². The molecule has 1 rings (SSSR count). The highest BCUT2D eigenvalue weighted by atomic mass is 16.3. The van der Waals surface area contributed by atoms with Gasteiger partial charge in [-0.15, -0.1) is 0 Å². The van der Waals surface area contributed by atoms with Crippen molar-refractivity contribution in [1.82, 2.24) is 10.6 Å². The molecule has 0 heterocycles. The van der Waals surface area contributed by atoms with Crippen molar-refractivity contribution < 1.29 is 19.8 Å². The van der Waals surface area contributed by atoms with Gasteiger partial charge in [-0.25, -0.2) is 0 Å². The van der Waals surface area contributed by atoms with Crippen LogP contribution >= 0.6 is 0 Å². The van der Waals surface area contributed by atoms with E-state index in [1.807, 2.05) is 12.2 Å². The van der Waals surface area contributed by atoms with Crippen LogP contribution < -0.4 is 10.6 Å². The predicted molar refractivity (Wildman–Crippen MR) is 207 cm³/mol. The van der Waals surface area contributed by atoms with Crippen molar-refractivity contribution in [3.8, 4) is 0 Å². The summed E-state index contributed by atoms with van der Waals surface area (Å²) in [6, 6.07) is 8.47. The zero-order chi connectivity index (χ0) is 35.7. The summed E-state index contributed by atoms with van der Waals surface area (Å²) in [5.74, 6) is -0.644. The van der Waals surface area contributed by atoms with E-state index in [1.165, 1.54) is 44.1 Å². The molecule has 6 heteroatoms. The van der Waals surface area contributed by atoms with Gasteiger partial charge in [0.05, 0.1) is 25.3 Å². The number of carbonyl (C=O) groups is 2. The fourth-order valence-electron chi connectivity index (χ4n) is 5.18. The van der Waals surface area contributed by atoms with Crippen molar-refractivity contribution >= 4 is 11.8 Å². The normalized spacial score (nSPS) is 12.6. The Labute approximate surface area is 298 Å². The third kappa shape index (κ3) is 24.3. The van der Waals surface area contributed by atoms with Crippen LogP contribution in [0, 0.1) is 0 Å². The third-order valence-electron chi connectivity index (χ3n) is 8.32. The zero-order valence-electron chi connectivity index (χ0n) is 30.6. The Balaban J connectivity index is 2.22. The van der Waals surface area contributed by atoms with E-state index < -0.39 is 11.4 Å². The van der Waals surface area contributed by atoms with Crippen molar-refractivity contribution in [3.05, 3.63) is 108 Å². The molecule has 272 valence electrons. The van der Waals surface area contributed by atoms with Gasteiger partial charge in [0.2, 0.25) is 11.8 Å². The second kappa shape index (κ2) is 30.6. The number of rotatable bonds is 29. The van der Waals surface area contributed by atoms with Gasteiger partial charge in [0.1, 0.15) is 0 Å². The summed E-state index contributed by atoms with van der Waals surface area (Å²) in [6.07, 6.45) is 42.1. The standard InChI is InChI=1S/C43H66N2O4/c1-3-5-7-9-11-12-13-14-15-16-17-18-19-20-21-22-23-25-27-29-41(48)44-36-42(49)45-43(37-46,38-47)35-34-40-32-30-39(31-33-40)28-26-24-10-8-6-4-2/h5,7,11-12,14-15,17-18,20-21,23,25,30-33,46-47H,3-4,6,8-10,13,16,19,22,24,26-29,34-38H2,1-2H3,(H,44,48)(H,45,49)/b7-5-,12-11-,15-14-,18-17-,21-20-,25-23-. The molecule has 49 heavy (non-hydrogen) atoms. The average molecular weight is 675 g/mol. The predicted octanol–water partition coefficient (Wildman–Crippen LogP) is 8.96. The van der Waals surface area contributed by atoms with Crippen LogP contribution in [0.4, 0.5) is 0 Å². The Bertz CT molecular complexity index is 1160. The zero-order valence-corrected chi connectivity index (χ0v) is 30.6. The Morgan fingerprint density at radius 1 is 0.612 bits per heavy atom. The number of carbonyl (C=O) groups excluding carboxylic acids is 2. The average Bonchev–Trinajstić information content (AvgIpc) is 3.12. The molecule has 0 aliphatic heterocycles. The van der Waals surface area contributed by atoms with E-state index in [2.05, 4.69) is 110 Å². The van der Waals surface area contributed by atoms with Gasteiger partial charge in [0, 0.05) is 6.42 Å². The maximum absolute atomic E-state index is 12.6. The molecule has 0 radical (unpaired) electrons. The smallest absolute Gasteiger partial charge is 0.239 e. The number of nitrogens with one attached hydrogen (secondary N) is 2. The number of aliphatic hydroxyl groups is 2. The molecule has 1 aromatic rings. The third-order valence-corrected chi connectivity index (χ3v) is 8.32. The number of hydrogen-bond acceptors (Lipinski definition) is 4. The molecule has 1 aromatic carbocycles. The number of aliphatic hydroxyl groups excluding tert-OH is 2. The minimum Gasteiger partial charge on any atom is -0.394 e. The molecule has 4 N–H and O–H groups in total. The summed E-state index contributed by atoms with van der Waals surface area (Å²) in [7, 11) is 0. The summed E-state index contributed by atoms with van der Waals surface area (Å²) in [5.41, 5.74) is 1.26. The van der Waals surface area contributed by atoms with Gasteiger partial charge < -0.3 is 20.8 Å². The van der Waals surface area contributed by atoms with Gasteiger partial charge >= 0.3 is 0 Å². The van der Waals surface area contributed by atoms with Crippen LogP contribution in [0.25, 0.3) is 0 Å². The minimum atomic E-state index is -1.15. The first-order valence-electron chi connectivity index (χ1n) is 18.8. The van der Waals surface area contributed by atoms with Gasteiger partial charge in [-0.05, 0) is 81.8 Å². The molecule has 0 unspecified atom stereocenters. The van der Waals surface area contributed by atoms with Crippen LogP contribution in [0.2, 0.25) is 0 Å². The van der Waals surface area contributed by atoms with E-state index >= 15 is 0 Å². The highest BCUT2D eigenvalue weighted by Gasteiger charge is 2.30. The molecule has 0 fully saturated rings. The Kier molecular flexibility index (Phi) is 27.2. The summed E-state index contributed by atoms with van der Waals surface area (Å²) < 4.78 is 0. The van der Waals surface area contributed by atoms with Crippen LogP contribution in [0.5, 0.6) is 0 Å². The molecular weight excluding hydrogens is 608 g/mol. The summed E-state index contributed by atoms with van der Waals surface area (Å²) in [6.45, 7) is 3.41. The molecule has 0 aromatic heterocycles. The summed E-state index contributed by atoms with van der Waals surface area (Å²) >= 11 is 0. The van der Waals surface area contributed by atoms with Gasteiger partial charge in [-0.1, -0.05) is 143 Å². The van der Waals surface area contributed by atoms with Crippen LogP contribution in [0.1, 0.15) is 121 Å². The van der Waals surface area contributed by atoms with Crippen molar-refractivity contribution in [1.29, 1.82) is 0 Å². The van der Waals surface area contributed by atoms with Crippen LogP contribution in [-0.2, 0) is 22.4 Å². The van der Waals surface area contributed by atoms with Crippen molar-refractivity contribution in [2.24, 2.45) is 0 Å². The van der Waals surface area contributed by atoms with Crippen molar-refractivity contribution in [2.75, 3.05) is 19.8 Å². The lowest BCUT2D eigenvalue weighted by Gasteiger charge is -2.31. The molecule has 0 aliphatic rings. The van der Waals surface area contributed by atoms with Gasteiger partial charge in [0.15, 0.2) is 0 Å². The molecule has 0 saturated heterocycles. The second-order valence-corrected chi connectivity index (χ2v) is 12.7. The van der Waals surface area contributed by atoms with E-state index in [4.69, 9.17) is 0 Å². The van der Waals surface area contributed by atoms with E-state index in [-0.39, 0.29) is 32.1 Å². The largest absolute Gasteiger partial charge is 0.394 e. The van der Waals surface area contributed by atoms with Crippen molar-refractivity contribution in [2.45, 2.75) is 129 Å². The van der Waals surface area contributed by atoms with Gasteiger partial charge in [-0.2, -0.15) is 0 Å². The van der Waals surface area contributed by atoms with Crippen LogP contribution in [-0.4, -0.2) is 47.3 Å². The number of aryl methyl sites for hydroxylation is 2. The van der Waals surface area contributed by atoms with Gasteiger partial charge in [-0.3, -0.25) is 9.59 Å². The fraction of sp³-hybridized carbons (Fsp3) is 0.535. The molecule has 0 saturated carbocycles. The molecular formula is C43H66N2O4. The highest BCUT2D eigenvalue weighted by Crippen LogP contribution is 2.17. The quantitative estimate of drug-likeness (QED) is 0.0504. The number of amides is 2. The molecule has 0 aliphatic carbocycles. The van der Waals surface area contributed by atoms with E-state index in [9.17, 15) is 19.8 Å². The van der Waals surface area contributed by atoms with E-state index in [1.54, 1.807) is 0 Å². The number of benzene rings is 1. The molecule has 0 spiro atoms. The lowest BCUT2D eigenvalue weighted by molar-refractivity contribution is -0.128.